The summed E-state index contributed by atoms with van der Waals surface area (Å²) in [5, 5.41) is 0. The molecule has 0 radical (unpaired) electrons. The van der Waals surface area contributed by atoms with Crippen LogP contribution in [-0.4, -0.2) is 23.9 Å². The molecule has 4 heteroatoms. The van der Waals surface area contributed by atoms with Crippen LogP contribution in [0.1, 0.15) is 17.5 Å². The second-order valence-electron chi connectivity index (χ2n) is 5.99. The maximum absolute atomic E-state index is 13.7. The van der Waals surface area contributed by atoms with E-state index >= 15 is 0 Å². The van der Waals surface area contributed by atoms with Gasteiger partial charge in [0.05, 0.1) is 0 Å². The molecule has 0 saturated carbocycles. The zero-order valence-corrected chi connectivity index (χ0v) is 12.8. The number of halogens is 2. The molecule has 2 nitrogen and oxygen atoms in total. The van der Waals surface area contributed by atoms with Gasteiger partial charge < -0.3 is 4.90 Å². The molecule has 1 heterocycles. The Hall–Kier alpha value is -2.23. The third-order valence-corrected chi connectivity index (χ3v) is 4.40. The lowest BCUT2D eigenvalue weighted by Crippen LogP contribution is -2.30. The smallest absolute Gasteiger partial charge is 0.226 e. The lowest BCUT2D eigenvalue weighted by Gasteiger charge is -2.17. The van der Waals surface area contributed by atoms with Crippen LogP contribution < -0.4 is 0 Å². The molecule has 23 heavy (non-hydrogen) atoms. The van der Waals surface area contributed by atoms with Crippen LogP contribution in [-0.2, 0) is 17.6 Å². The van der Waals surface area contributed by atoms with Gasteiger partial charge >= 0.3 is 0 Å². The number of hydrogen-bond acceptors (Lipinski definition) is 1. The highest BCUT2D eigenvalue weighted by Gasteiger charge is 2.31. The van der Waals surface area contributed by atoms with E-state index in [0.29, 0.717) is 25.1 Å². The molecule has 1 unspecified atom stereocenters. The van der Waals surface area contributed by atoms with Crippen molar-refractivity contribution in [1.29, 1.82) is 0 Å². The Morgan fingerprint density at radius 3 is 2.61 bits per heavy atom. The summed E-state index contributed by atoms with van der Waals surface area (Å²) in [7, 11) is 0. The maximum Gasteiger partial charge on any atom is 0.226 e. The molecule has 1 aliphatic heterocycles. The Kier molecular flexibility index (Phi) is 4.70. The molecule has 3 rings (SSSR count). The van der Waals surface area contributed by atoms with Crippen molar-refractivity contribution in [3.63, 3.8) is 0 Å². The van der Waals surface area contributed by atoms with Gasteiger partial charge in [-0.1, -0.05) is 36.4 Å². The van der Waals surface area contributed by atoms with Crippen molar-refractivity contribution in [2.45, 2.75) is 19.3 Å². The van der Waals surface area contributed by atoms with Crippen LogP contribution in [0.4, 0.5) is 8.78 Å². The highest BCUT2D eigenvalue weighted by atomic mass is 19.1. The van der Waals surface area contributed by atoms with Gasteiger partial charge in [0, 0.05) is 25.1 Å². The molecule has 1 saturated heterocycles. The fourth-order valence-electron chi connectivity index (χ4n) is 3.08. The quantitative estimate of drug-likeness (QED) is 0.825. The molecular formula is C19H19F2NO. The highest BCUT2D eigenvalue weighted by Crippen LogP contribution is 2.24. The molecule has 1 fully saturated rings. The standard InChI is InChI=1S/C19H19F2NO/c20-17-7-6-15(18(21)13-17)12-16-9-11-22(19(16)23)10-8-14-4-2-1-3-5-14/h1-7,13,16H,8-12H2. The lowest BCUT2D eigenvalue weighted by molar-refractivity contribution is -0.130. The fourth-order valence-corrected chi connectivity index (χ4v) is 3.08. The largest absolute Gasteiger partial charge is 0.342 e. The van der Waals surface area contributed by atoms with Gasteiger partial charge in [0.15, 0.2) is 0 Å². The minimum atomic E-state index is -0.589. The van der Waals surface area contributed by atoms with Crippen LogP contribution in [0.25, 0.3) is 0 Å². The number of carbonyl (C=O) groups is 1. The summed E-state index contributed by atoms with van der Waals surface area (Å²) >= 11 is 0. The predicted octanol–water partition coefficient (Wildman–Crippen LogP) is 3.60. The molecule has 0 bridgehead atoms. The number of benzene rings is 2. The van der Waals surface area contributed by atoms with Crippen LogP contribution in [0.15, 0.2) is 48.5 Å². The van der Waals surface area contributed by atoms with Crippen LogP contribution in [0.5, 0.6) is 0 Å². The fraction of sp³-hybridized carbons (Fsp3) is 0.316. The molecular weight excluding hydrogens is 296 g/mol. The summed E-state index contributed by atoms with van der Waals surface area (Å²) in [4.78, 5) is 14.3. The van der Waals surface area contributed by atoms with Gasteiger partial charge in [-0.05, 0) is 36.5 Å². The van der Waals surface area contributed by atoms with E-state index in [0.717, 1.165) is 18.9 Å². The van der Waals surface area contributed by atoms with E-state index in [1.807, 2.05) is 35.2 Å². The number of likely N-dealkylation sites (tertiary alicyclic amines) is 1. The first kappa shape index (κ1) is 15.7. The number of amides is 1. The predicted molar refractivity (Wildman–Crippen MR) is 84.9 cm³/mol. The summed E-state index contributed by atoms with van der Waals surface area (Å²) in [5.41, 5.74) is 1.61. The molecule has 0 aliphatic carbocycles. The van der Waals surface area contributed by atoms with E-state index in [1.54, 1.807) is 0 Å². The minimum absolute atomic E-state index is 0.0738. The van der Waals surface area contributed by atoms with E-state index in [9.17, 15) is 13.6 Å². The van der Waals surface area contributed by atoms with Crippen molar-refractivity contribution in [3.8, 4) is 0 Å². The summed E-state index contributed by atoms with van der Waals surface area (Å²) in [5.74, 6) is -1.29. The average molecular weight is 315 g/mol. The van der Waals surface area contributed by atoms with Crippen molar-refractivity contribution in [3.05, 3.63) is 71.3 Å². The first-order valence-corrected chi connectivity index (χ1v) is 7.90. The summed E-state index contributed by atoms with van der Waals surface area (Å²) in [6.07, 6.45) is 1.89. The molecule has 1 aliphatic rings. The molecule has 0 N–H and O–H groups in total. The van der Waals surface area contributed by atoms with Crippen molar-refractivity contribution in [2.24, 2.45) is 5.92 Å². The van der Waals surface area contributed by atoms with Crippen molar-refractivity contribution in [2.75, 3.05) is 13.1 Å². The maximum atomic E-state index is 13.7. The summed E-state index contributed by atoms with van der Waals surface area (Å²) in [6, 6.07) is 13.6. The molecule has 2 aromatic carbocycles. The normalized spacial score (nSPS) is 17.7. The highest BCUT2D eigenvalue weighted by molar-refractivity contribution is 5.81. The topological polar surface area (TPSA) is 20.3 Å². The molecule has 120 valence electrons. The van der Waals surface area contributed by atoms with Gasteiger partial charge in [0.25, 0.3) is 0 Å². The van der Waals surface area contributed by atoms with Gasteiger partial charge in [-0.2, -0.15) is 0 Å². The second-order valence-corrected chi connectivity index (χ2v) is 5.99. The van der Waals surface area contributed by atoms with Gasteiger partial charge in [-0.15, -0.1) is 0 Å². The van der Waals surface area contributed by atoms with Crippen LogP contribution >= 0.6 is 0 Å². The number of carbonyl (C=O) groups excluding carboxylic acids is 1. The van der Waals surface area contributed by atoms with Gasteiger partial charge in [0.2, 0.25) is 5.91 Å². The minimum Gasteiger partial charge on any atom is -0.342 e. The summed E-state index contributed by atoms with van der Waals surface area (Å²) < 4.78 is 26.7. The zero-order valence-electron chi connectivity index (χ0n) is 12.8. The first-order valence-electron chi connectivity index (χ1n) is 7.90. The molecule has 1 atom stereocenters. The van der Waals surface area contributed by atoms with E-state index in [-0.39, 0.29) is 11.8 Å². The van der Waals surface area contributed by atoms with Gasteiger partial charge in [-0.25, -0.2) is 8.78 Å². The van der Waals surface area contributed by atoms with Crippen LogP contribution in [0, 0.1) is 17.6 Å². The number of rotatable bonds is 5. The Balaban J connectivity index is 1.58. The molecule has 1 amide bonds. The van der Waals surface area contributed by atoms with E-state index in [4.69, 9.17) is 0 Å². The Labute approximate surface area is 134 Å². The van der Waals surface area contributed by atoms with Crippen LogP contribution in [0.3, 0.4) is 0 Å². The first-order chi connectivity index (χ1) is 11.1. The molecule has 2 aromatic rings. The Bertz CT molecular complexity index is 687. The third kappa shape index (κ3) is 3.76. The van der Waals surface area contributed by atoms with Gasteiger partial charge in [-0.3, -0.25) is 4.79 Å². The summed E-state index contributed by atoms with van der Waals surface area (Å²) in [6.45, 7) is 1.39. The molecule has 0 spiro atoms. The Morgan fingerprint density at radius 2 is 1.87 bits per heavy atom. The van der Waals surface area contributed by atoms with Crippen molar-refractivity contribution < 1.29 is 13.6 Å². The SMILES string of the molecule is O=C1C(Cc2ccc(F)cc2F)CCN1CCc1ccccc1. The van der Waals surface area contributed by atoms with E-state index in [1.165, 1.54) is 17.7 Å². The van der Waals surface area contributed by atoms with Crippen LogP contribution in [0.2, 0.25) is 0 Å². The zero-order chi connectivity index (χ0) is 16.2. The lowest BCUT2D eigenvalue weighted by atomic mass is 9.97. The van der Waals surface area contributed by atoms with Crippen molar-refractivity contribution in [1.82, 2.24) is 4.90 Å². The second kappa shape index (κ2) is 6.90. The molecule has 0 aromatic heterocycles. The van der Waals surface area contributed by atoms with Gasteiger partial charge in [0.1, 0.15) is 11.6 Å². The Morgan fingerprint density at radius 1 is 1.09 bits per heavy atom. The average Bonchev–Trinajstić information content (AvgIpc) is 2.89. The number of hydrogen-bond donors (Lipinski definition) is 0. The van der Waals surface area contributed by atoms with Crippen molar-refractivity contribution >= 4 is 5.91 Å². The van der Waals surface area contributed by atoms with E-state index < -0.39 is 11.6 Å². The number of nitrogens with zero attached hydrogens (tertiary/aromatic N) is 1. The third-order valence-electron chi connectivity index (χ3n) is 4.40. The van der Waals surface area contributed by atoms with E-state index in [2.05, 4.69) is 0 Å². The monoisotopic (exact) mass is 315 g/mol.